The molecule has 0 rings (SSSR count). The number of rotatable bonds is 20. The number of carboxylic acids is 3. The molecule has 32 heteroatoms. The molecule has 0 fully saturated rings. The zero-order valence-electron chi connectivity index (χ0n) is 28.2. The molecular formula is C24H50Fe2O30. The van der Waals surface area contributed by atoms with Crippen molar-refractivity contribution in [1.29, 1.82) is 0 Å². The van der Waals surface area contributed by atoms with Crippen LogP contribution in [0.2, 0.25) is 0 Å². The van der Waals surface area contributed by atoms with Crippen molar-refractivity contribution in [3.8, 4) is 0 Å². The zero-order chi connectivity index (χ0) is 41.5. The summed E-state index contributed by atoms with van der Waals surface area (Å²) in [5, 5.41) is 212. The molecule has 24 N–H and O–H groups in total. The van der Waals surface area contributed by atoms with Gasteiger partial charge in [0.2, 0.25) is 0 Å². The van der Waals surface area contributed by atoms with Crippen molar-refractivity contribution in [3.63, 3.8) is 0 Å². The molecule has 0 bridgehead atoms. The van der Waals surface area contributed by atoms with Crippen LogP contribution in [0.25, 0.3) is 0 Å². The van der Waals surface area contributed by atoms with Gasteiger partial charge in [0.1, 0.15) is 97.7 Å². The molecule has 342 valence electrons. The molecule has 0 saturated carbocycles. The van der Waals surface area contributed by atoms with Gasteiger partial charge in [0, 0.05) is 0 Å². The van der Waals surface area contributed by atoms with Crippen LogP contribution >= 0.6 is 0 Å². The molecule has 0 aliphatic carbocycles. The summed E-state index contributed by atoms with van der Waals surface area (Å²) in [6.45, 7) is -4.04. The molecule has 0 aromatic carbocycles. The molecule has 30 nitrogen and oxygen atoms in total. The van der Waals surface area contributed by atoms with Crippen LogP contribution in [0.1, 0.15) is 0 Å². The number of carbonyl (C=O) groups excluding carboxylic acids is 3. The predicted octanol–water partition coefficient (Wildman–Crippen LogP) is -18.6. The molecule has 2 radical (unpaired) electrons. The molecule has 56 heavy (non-hydrogen) atoms. The fourth-order valence-corrected chi connectivity index (χ4v) is 2.66. The quantitative estimate of drug-likeness (QED) is 0.0504. The van der Waals surface area contributed by atoms with Crippen molar-refractivity contribution in [1.82, 2.24) is 0 Å². The number of aliphatic carboxylic acids is 3. The predicted molar refractivity (Wildman–Crippen MR) is 152 cm³/mol. The number of hydrogen-bond acceptors (Lipinski definition) is 30. The van der Waals surface area contributed by atoms with Gasteiger partial charge in [-0.15, -0.1) is 0 Å². The maximum absolute atomic E-state index is 9.98. The first kappa shape index (κ1) is 75.3. The van der Waals surface area contributed by atoms with Crippen molar-refractivity contribution in [2.24, 2.45) is 0 Å². The van der Waals surface area contributed by atoms with Gasteiger partial charge in [0.15, 0.2) is 0 Å². The second kappa shape index (κ2) is 40.3. The van der Waals surface area contributed by atoms with Crippen molar-refractivity contribution in [2.75, 3.05) is 33.0 Å². The van der Waals surface area contributed by atoms with Crippen LogP contribution in [-0.4, -0.2) is 272 Å². The summed E-state index contributed by atoms with van der Waals surface area (Å²) in [5.74, 6) is -5.93. The van der Waals surface area contributed by atoms with E-state index in [0.717, 1.165) is 0 Å². The third kappa shape index (κ3) is 29.7. The first-order chi connectivity index (χ1) is 23.3. The van der Waals surface area contributed by atoms with Crippen LogP contribution in [0.4, 0.5) is 0 Å². The fraction of sp³-hybridized carbons (Fsp3) is 0.875. The second-order valence-corrected chi connectivity index (χ2v) is 9.97. The minimum absolute atomic E-state index is 0. The van der Waals surface area contributed by atoms with E-state index in [1.807, 2.05) is 0 Å². The summed E-state index contributed by atoms with van der Waals surface area (Å²) in [6, 6.07) is 0. The number of aliphatic hydroxyl groups is 21. The van der Waals surface area contributed by atoms with Crippen molar-refractivity contribution >= 4 is 17.9 Å². The third-order valence-electron chi connectivity index (χ3n) is 6.00. The smallest absolute Gasteiger partial charge is 0.870 e. The van der Waals surface area contributed by atoms with E-state index in [4.69, 9.17) is 107 Å². The third-order valence-corrected chi connectivity index (χ3v) is 6.00. The minimum atomic E-state index is -2.31. The maximum Gasteiger partial charge on any atom is 3.00 e. The Morgan fingerprint density at radius 2 is 0.411 bits per heavy atom. The topological polar surface area (TPSA) is 635 Å². The number of carbonyl (C=O) groups is 3. The van der Waals surface area contributed by atoms with Crippen LogP contribution in [0, 0.1) is 0 Å². The standard InChI is InChI=1S/3C6H12O7.C6H14O6.2Fe.3H2O/c3*7-1-2(8)3(9)4(10)5(11)6(12)13;7-1-3(9)5(11)6(12)4(10)2-8;;;;;/h3*2-5,7-11H,1H2,(H,12,13);3-12H,1-2H2;;;3*1H2/q;;;;2*+3;;;/p-6/t3*2-,3-,4+,5-;3-,4-,5-,6-;;;;;/m1111...../s1. The molecule has 0 aliphatic heterocycles. The van der Waals surface area contributed by atoms with E-state index in [0.29, 0.717) is 0 Å². The summed E-state index contributed by atoms with van der Waals surface area (Å²) in [7, 11) is 0. The van der Waals surface area contributed by atoms with E-state index in [9.17, 15) is 29.7 Å². The summed E-state index contributed by atoms with van der Waals surface area (Å²) in [6.07, 6.45) is -30.6. The Kier molecular flexibility index (Phi) is 54.2. The molecule has 16 atom stereocenters. The van der Waals surface area contributed by atoms with Gasteiger partial charge in [-0.1, -0.05) is 0 Å². The average molecular weight is 930 g/mol. The van der Waals surface area contributed by atoms with Crippen molar-refractivity contribution < 1.29 is 188 Å². The molecule has 0 amide bonds. The molecule has 0 spiro atoms. The summed E-state index contributed by atoms with van der Waals surface area (Å²) >= 11 is 0. The molecule has 0 heterocycles. The Morgan fingerprint density at radius 3 is 0.500 bits per heavy atom. The Balaban J connectivity index is -0.0000000730. The van der Waals surface area contributed by atoms with Crippen LogP contribution < -0.4 is 15.3 Å². The monoisotopic (exact) mass is 930 g/mol. The molecule has 0 unspecified atom stereocenters. The van der Waals surface area contributed by atoms with Crippen LogP contribution in [0.15, 0.2) is 0 Å². The summed E-state index contributed by atoms with van der Waals surface area (Å²) in [5.41, 5.74) is 0. The molecule has 0 saturated heterocycles. The van der Waals surface area contributed by atoms with Crippen molar-refractivity contribution in [3.05, 3.63) is 0 Å². The van der Waals surface area contributed by atoms with Gasteiger partial charge in [0.05, 0.1) is 50.9 Å². The van der Waals surface area contributed by atoms with E-state index >= 15 is 0 Å². The van der Waals surface area contributed by atoms with Gasteiger partial charge in [-0.3, -0.25) is 0 Å². The fourth-order valence-electron chi connectivity index (χ4n) is 2.66. The Labute approximate surface area is 335 Å². The minimum Gasteiger partial charge on any atom is -0.870 e. The number of aliphatic hydroxyl groups excluding tert-OH is 21. The van der Waals surface area contributed by atoms with Crippen molar-refractivity contribution in [2.45, 2.75) is 97.7 Å². The first-order valence-electron chi connectivity index (χ1n) is 13.8. The maximum atomic E-state index is 9.98. The van der Waals surface area contributed by atoms with Gasteiger partial charge in [-0.05, 0) is 0 Å². The largest absolute Gasteiger partial charge is 3.00 e. The van der Waals surface area contributed by atoms with Crippen LogP contribution in [0.5, 0.6) is 0 Å². The Morgan fingerprint density at radius 1 is 0.304 bits per heavy atom. The first-order valence-corrected chi connectivity index (χ1v) is 13.8. The molecule has 0 aromatic rings. The van der Waals surface area contributed by atoms with Crippen LogP contribution in [-0.2, 0) is 48.5 Å². The van der Waals surface area contributed by atoms with E-state index in [1.165, 1.54) is 0 Å². The van der Waals surface area contributed by atoms with E-state index in [2.05, 4.69) is 0 Å². The van der Waals surface area contributed by atoms with Gasteiger partial charge >= 0.3 is 34.1 Å². The average Bonchev–Trinajstić information content (AvgIpc) is 3.12. The van der Waals surface area contributed by atoms with Gasteiger partial charge in [-0.2, -0.15) is 0 Å². The Bertz CT molecular complexity index is 823. The number of hydrogen-bond donors (Lipinski definition) is 21. The normalized spacial score (nSPS) is 18.8. The second-order valence-electron chi connectivity index (χ2n) is 9.97. The summed E-state index contributed by atoms with van der Waals surface area (Å²) in [4.78, 5) is 29.9. The van der Waals surface area contributed by atoms with Crippen LogP contribution in [0.3, 0.4) is 0 Å². The van der Waals surface area contributed by atoms with Gasteiger partial charge in [0.25, 0.3) is 0 Å². The van der Waals surface area contributed by atoms with E-state index in [1.54, 1.807) is 0 Å². The molecule has 0 aromatic heterocycles. The molecule has 0 aliphatic rings. The van der Waals surface area contributed by atoms with Gasteiger partial charge in [-0.25, -0.2) is 0 Å². The van der Waals surface area contributed by atoms with E-state index < -0.39 is 149 Å². The molecular weight excluding hydrogens is 880 g/mol. The summed E-state index contributed by atoms with van der Waals surface area (Å²) < 4.78 is 0. The number of carboxylic acid groups (broad SMARTS) is 3. The van der Waals surface area contributed by atoms with E-state index in [-0.39, 0.29) is 50.6 Å². The SMILES string of the molecule is O=C([O-])[C@H](O)[C@@H](O)[C@H](O)[C@H](O)CO.O=C([O-])[C@H](O)[C@@H](O)[C@H](O)[C@H](O)CO.O=C([O-])[C@H](O)[C@@H](O)[C@H](O)[C@H](O)CO.OC[C@@H](O)[C@@H](O)[C@H](O)[C@H](O)CO.[Fe+3].[Fe+3].[OH-].[OH-].[OH-]. The zero-order valence-corrected chi connectivity index (χ0v) is 30.4. The Hall–Kier alpha value is -1.51. The van der Waals surface area contributed by atoms with Gasteiger partial charge < -0.3 is 153 Å².